The molecule has 1 unspecified atom stereocenters. The Labute approximate surface area is 147 Å². The molecule has 3 nitrogen and oxygen atoms in total. The largest absolute Gasteiger partial charge is 0.487 e. The van der Waals surface area contributed by atoms with Crippen LogP contribution in [0.3, 0.4) is 0 Å². The Morgan fingerprint density at radius 3 is 2.68 bits per heavy atom. The van der Waals surface area contributed by atoms with Crippen molar-refractivity contribution in [3.63, 3.8) is 0 Å². The summed E-state index contributed by atoms with van der Waals surface area (Å²) in [6, 6.07) is 11.9. The van der Waals surface area contributed by atoms with Crippen molar-refractivity contribution >= 4 is 12.0 Å². The molecule has 1 amide bonds. The molecule has 1 aliphatic rings. The monoisotopic (exact) mass is 339 g/mol. The maximum absolute atomic E-state index is 12.9. The van der Waals surface area contributed by atoms with Gasteiger partial charge in [-0.3, -0.25) is 4.79 Å². The Morgan fingerprint density at radius 2 is 1.96 bits per heavy atom. The number of halogens is 1. The first-order chi connectivity index (χ1) is 11.8. The summed E-state index contributed by atoms with van der Waals surface area (Å²) >= 11 is 0. The van der Waals surface area contributed by atoms with Gasteiger partial charge in [0, 0.05) is 18.1 Å². The minimum absolute atomic E-state index is 0.107. The Hall–Kier alpha value is -2.62. The zero-order valence-corrected chi connectivity index (χ0v) is 14.7. The van der Waals surface area contributed by atoms with Gasteiger partial charge in [-0.05, 0) is 56.2 Å². The summed E-state index contributed by atoms with van der Waals surface area (Å²) in [5.74, 6) is 0.348. The first-order valence-corrected chi connectivity index (χ1v) is 8.36. The molecule has 0 saturated carbocycles. The van der Waals surface area contributed by atoms with Crippen LogP contribution in [0.15, 0.2) is 48.5 Å². The summed E-state index contributed by atoms with van der Waals surface area (Å²) in [4.78, 5) is 12.3. The van der Waals surface area contributed by atoms with E-state index in [1.165, 1.54) is 18.2 Å². The van der Waals surface area contributed by atoms with Gasteiger partial charge in [0.25, 0.3) is 0 Å². The second-order valence-electron chi connectivity index (χ2n) is 7.05. The van der Waals surface area contributed by atoms with Crippen LogP contribution < -0.4 is 10.1 Å². The standard InChI is InChI=1S/C21H22FNO2/c1-14-4-10-17-18(13-21(2,3)25-19(17)12-14)23-20(24)11-7-15-5-8-16(22)9-6-15/h4-12,18H,13H2,1-3H3,(H,23,24)/b11-7+. The van der Waals surface area contributed by atoms with Gasteiger partial charge in [-0.2, -0.15) is 0 Å². The van der Waals surface area contributed by atoms with E-state index in [0.29, 0.717) is 6.42 Å². The number of hydrogen-bond acceptors (Lipinski definition) is 2. The molecule has 4 heteroatoms. The highest BCUT2D eigenvalue weighted by atomic mass is 19.1. The summed E-state index contributed by atoms with van der Waals surface area (Å²) in [6.45, 7) is 6.06. The van der Waals surface area contributed by atoms with E-state index in [9.17, 15) is 9.18 Å². The van der Waals surface area contributed by atoms with Gasteiger partial charge in [-0.25, -0.2) is 4.39 Å². The van der Waals surface area contributed by atoms with Crippen LogP contribution in [-0.4, -0.2) is 11.5 Å². The molecule has 0 fully saturated rings. The number of rotatable bonds is 3. The van der Waals surface area contributed by atoms with Crippen LogP contribution in [0.4, 0.5) is 4.39 Å². The summed E-state index contributed by atoms with van der Waals surface area (Å²) in [5.41, 5.74) is 2.55. The highest BCUT2D eigenvalue weighted by Gasteiger charge is 2.34. The molecule has 0 radical (unpaired) electrons. The molecular formula is C21H22FNO2. The fourth-order valence-corrected chi connectivity index (χ4v) is 3.05. The van der Waals surface area contributed by atoms with Gasteiger partial charge in [0.05, 0.1) is 6.04 Å². The number of amides is 1. The SMILES string of the molecule is Cc1ccc2c(c1)OC(C)(C)CC2NC(=O)/C=C/c1ccc(F)cc1. The number of aryl methyl sites for hydroxylation is 1. The number of fused-ring (bicyclic) bond motifs is 1. The summed E-state index contributed by atoms with van der Waals surface area (Å²) in [7, 11) is 0. The van der Waals surface area contributed by atoms with Crippen molar-refractivity contribution < 1.29 is 13.9 Å². The van der Waals surface area contributed by atoms with Crippen LogP contribution in [-0.2, 0) is 4.79 Å². The Bertz CT molecular complexity index is 809. The van der Waals surface area contributed by atoms with Crippen LogP contribution in [0, 0.1) is 12.7 Å². The van der Waals surface area contributed by atoms with Crippen LogP contribution >= 0.6 is 0 Å². The minimum atomic E-state index is -0.348. The first kappa shape index (κ1) is 17.2. The van der Waals surface area contributed by atoms with Crippen molar-refractivity contribution in [1.82, 2.24) is 5.32 Å². The third kappa shape index (κ3) is 4.27. The number of hydrogen-bond donors (Lipinski definition) is 1. The van der Waals surface area contributed by atoms with Gasteiger partial charge < -0.3 is 10.1 Å². The number of benzene rings is 2. The molecule has 0 bridgehead atoms. The fraction of sp³-hybridized carbons (Fsp3) is 0.286. The van der Waals surface area contributed by atoms with E-state index in [4.69, 9.17) is 4.74 Å². The topological polar surface area (TPSA) is 38.3 Å². The molecule has 0 aromatic heterocycles. The molecule has 1 atom stereocenters. The van der Waals surface area contributed by atoms with Crippen molar-refractivity contribution in [2.45, 2.75) is 38.8 Å². The fourth-order valence-electron chi connectivity index (χ4n) is 3.05. The molecule has 2 aromatic carbocycles. The van der Waals surface area contributed by atoms with Crippen molar-refractivity contribution in [2.75, 3.05) is 0 Å². The lowest BCUT2D eigenvalue weighted by molar-refractivity contribution is -0.117. The average molecular weight is 339 g/mol. The molecule has 130 valence electrons. The Balaban J connectivity index is 1.75. The van der Waals surface area contributed by atoms with Gasteiger partial charge in [0.15, 0.2) is 0 Å². The van der Waals surface area contributed by atoms with Gasteiger partial charge in [-0.1, -0.05) is 24.3 Å². The lowest BCUT2D eigenvalue weighted by Gasteiger charge is -2.38. The third-order valence-electron chi connectivity index (χ3n) is 4.24. The second kappa shape index (κ2) is 6.71. The normalized spacial score (nSPS) is 18.5. The lowest BCUT2D eigenvalue weighted by Crippen LogP contribution is -2.40. The number of carbonyl (C=O) groups excluding carboxylic acids is 1. The lowest BCUT2D eigenvalue weighted by atomic mass is 9.89. The van der Waals surface area contributed by atoms with E-state index in [0.717, 1.165) is 22.4 Å². The Kier molecular flexibility index (Phi) is 4.62. The van der Waals surface area contributed by atoms with Gasteiger partial charge in [-0.15, -0.1) is 0 Å². The van der Waals surface area contributed by atoms with Crippen molar-refractivity contribution in [2.24, 2.45) is 0 Å². The first-order valence-electron chi connectivity index (χ1n) is 8.36. The zero-order chi connectivity index (χ0) is 18.0. The maximum atomic E-state index is 12.9. The summed E-state index contributed by atoms with van der Waals surface area (Å²) in [5, 5.41) is 3.05. The van der Waals surface area contributed by atoms with Crippen LogP contribution in [0.1, 0.15) is 43.0 Å². The minimum Gasteiger partial charge on any atom is -0.487 e. The van der Waals surface area contributed by atoms with Crippen LogP contribution in [0.5, 0.6) is 5.75 Å². The molecule has 3 rings (SSSR count). The smallest absolute Gasteiger partial charge is 0.244 e. The van der Waals surface area contributed by atoms with Crippen molar-refractivity contribution in [1.29, 1.82) is 0 Å². The van der Waals surface area contributed by atoms with Crippen LogP contribution in [0.25, 0.3) is 6.08 Å². The highest BCUT2D eigenvalue weighted by molar-refractivity contribution is 5.92. The molecule has 1 N–H and O–H groups in total. The average Bonchev–Trinajstić information content (AvgIpc) is 2.52. The number of carbonyl (C=O) groups is 1. The molecule has 25 heavy (non-hydrogen) atoms. The van der Waals surface area contributed by atoms with E-state index in [-0.39, 0.29) is 23.4 Å². The predicted molar refractivity (Wildman–Crippen MR) is 96.8 cm³/mol. The van der Waals surface area contributed by atoms with Gasteiger partial charge >= 0.3 is 0 Å². The molecule has 1 heterocycles. The Morgan fingerprint density at radius 1 is 1.24 bits per heavy atom. The predicted octanol–water partition coefficient (Wildman–Crippen LogP) is 4.57. The van der Waals surface area contributed by atoms with Gasteiger partial charge in [0.1, 0.15) is 17.2 Å². The van der Waals surface area contributed by atoms with Crippen LogP contribution in [0.2, 0.25) is 0 Å². The molecule has 0 aliphatic carbocycles. The number of nitrogens with one attached hydrogen (secondary N) is 1. The molecule has 1 aliphatic heterocycles. The quantitative estimate of drug-likeness (QED) is 0.832. The summed E-state index contributed by atoms with van der Waals surface area (Å²) in [6.07, 6.45) is 3.85. The maximum Gasteiger partial charge on any atom is 0.244 e. The third-order valence-corrected chi connectivity index (χ3v) is 4.24. The zero-order valence-electron chi connectivity index (χ0n) is 14.7. The van der Waals surface area contributed by atoms with E-state index < -0.39 is 0 Å². The van der Waals surface area contributed by atoms with Gasteiger partial charge in [0.2, 0.25) is 5.91 Å². The van der Waals surface area contributed by atoms with Crippen molar-refractivity contribution in [3.05, 3.63) is 71.0 Å². The van der Waals surface area contributed by atoms with E-state index in [2.05, 4.69) is 5.32 Å². The molecule has 2 aromatic rings. The molecule has 0 spiro atoms. The van der Waals surface area contributed by atoms with E-state index in [1.54, 1.807) is 18.2 Å². The summed E-state index contributed by atoms with van der Waals surface area (Å²) < 4.78 is 19.0. The molecular weight excluding hydrogens is 317 g/mol. The second-order valence-corrected chi connectivity index (χ2v) is 7.05. The number of ether oxygens (including phenoxy) is 1. The van der Waals surface area contributed by atoms with E-state index >= 15 is 0 Å². The van der Waals surface area contributed by atoms with E-state index in [1.807, 2.05) is 39.0 Å². The van der Waals surface area contributed by atoms with Crippen molar-refractivity contribution in [3.8, 4) is 5.75 Å². The molecule has 0 saturated heterocycles. The highest BCUT2D eigenvalue weighted by Crippen LogP contribution is 2.39.